The van der Waals surface area contributed by atoms with Crippen molar-refractivity contribution in [2.75, 3.05) is 0 Å². The second-order valence-electron chi connectivity index (χ2n) is 28.7. The predicted molar refractivity (Wildman–Crippen MR) is 411 cm³/mol. The Morgan fingerprint density at radius 2 is 0.561 bits per heavy atom. The Morgan fingerprint density at radius 1 is 0.296 bits per heavy atom. The molecule has 2 atom stereocenters. The summed E-state index contributed by atoms with van der Waals surface area (Å²) in [5.74, 6) is 1.80. The Bertz CT molecular complexity index is 4950. The zero-order chi connectivity index (χ0) is 68.3. The number of ether oxygens (including phenoxy) is 2. The molecule has 1 aliphatic rings. The Hall–Kier alpha value is -10.6. The molecule has 1 aliphatic carbocycles. The molecule has 15 rings (SSSR count). The number of hydrogen-bond acceptors (Lipinski definition) is 4. The van der Waals surface area contributed by atoms with Gasteiger partial charge in [-0.25, -0.2) is 0 Å². The van der Waals surface area contributed by atoms with Crippen LogP contribution in [0, 0.1) is 96.9 Å². The predicted octanol–water partition coefficient (Wildman–Crippen LogP) is 24.4. The lowest BCUT2D eigenvalue weighted by molar-refractivity contribution is 0.0686. The summed E-state index contributed by atoms with van der Waals surface area (Å²) in [6.45, 7) is 30.6. The largest absolute Gasteiger partial charge is 0.505 e. The summed E-state index contributed by atoms with van der Waals surface area (Å²) >= 11 is 0. The summed E-state index contributed by atoms with van der Waals surface area (Å²) in [6, 6.07) is 70.3. The highest BCUT2D eigenvalue weighted by Crippen LogP contribution is 2.49. The SMILES string of the molecule is Cc1cc(C)c(-c2ccc3c(c2)c2cc(-c4c(C)cc(C)cc4C)ccc2n3-c2cc(C)cc(-c3ccccc3O[C@@H]3CCC[C@H](Oc4ccccc4-c4cc(C)cc(-n5c6ccc(-c7c(C)cc(C)cc7C)cc6c6cc(-c7c(C)cc(C)cc7C)ccc65)c4O)C3)c2O)c(C)c1. The van der Waals surface area contributed by atoms with E-state index in [1.165, 1.54) is 111 Å². The second-order valence-corrected chi connectivity index (χ2v) is 28.7. The fourth-order valence-electron chi connectivity index (χ4n) is 17.3. The van der Waals surface area contributed by atoms with Crippen molar-refractivity contribution in [2.45, 2.75) is 135 Å². The molecule has 1 fully saturated rings. The Morgan fingerprint density at radius 3 is 0.847 bits per heavy atom. The van der Waals surface area contributed by atoms with Crippen molar-refractivity contribution in [1.29, 1.82) is 0 Å². The fraction of sp³-hybridized carbons (Fsp3) is 0.217. The van der Waals surface area contributed by atoms with Crippen LogP contribution >= 0.6 is 0 Å². The first-order valence-electron chi connectivity index (χ1n) is 34.8. The maximum Gasteiger partial charge on any atom is 0.147 e. The summed E-state index contributed by atoms with van der Waals surface area (Å²) in [7, 11) is 0. The number of phenols is 2. The van der Waals surface area contributed by atoms with Gasteiger partial charge >= 0.3 is 0 Å². The Kier molecular flexibility index (Phi) is 16.1. The number of rotatable bonds is 12. The van der Waals surface area contributed by atoms with E-state index in [2.05, 4.69) is 264 Å². The lowest BCUT2D eigenvalue weighted by atomic mass is 9.91. The normalized spacial score (nSPS) is 14.1. The summed E-state index contributed by atoms with van der Waals surface area (Å²) in [4.78, 5) is 0. The molecule has 0 bridgehead atoms. The zero-order valence-electron chi connectivity index (χ0n) is 59.1. The molecule has 0 radical (unpaired) electrons. The number of para-hydroxylation sites is 2. The highest BCUT2D eigenvalue weighted by atomic mass is 16.5. The summed E-state index contributed by atoms with van der Waals surface area (Å²) in [5.41, 5.74) is 35.3. The minimum Gasteiger partial charge on any atom is -0.505 e. The number of phenolic OH excluding ortho intramolecular Hbond substituents is 2. The van der Waals surface area contributed by atoms with Crippen molar-refractivity contribution in [1.82, 2.24) is 9.13 Å². The van der Waals surface area contributed by atoms with Gasteiger partial charge in [0.1, 0.15) is 35.2 Å². The third kappa shape index (κ3) is 11.2. The average molecular weight is 1280 g/mol. The monoisotopic (exact) mass is 1280 g/mol. The van der Waals surface area contributed by atoms with E-state index in [0.717, 1.165) is 85.1 Å². The molecule has 0 aliphatic heterocycles. The van der Waals surface area contributed by atoms with Gasteiger partial charge in [0.2, 0.25) is 0 Å². The molecule has 0 saturated heterocycles. The molecule has 488 valence electrons. The molecule has 1 saturated carbocycles. The van der Waals surface area contributed by atoms with E-state index in [4.69, 9.17) is 9.47 Å². The maximum absolute atomic E-state index is 13.0. The van der Waals surface area contributed by atoms with Crippen LogP contribution in [0.2, 0.25) is 0 Å². The van der Waals surface area contributed by atoms with Crippen LogP contribution in [0.3, 0.4) is 0 Å². The number of hydrogen-bond donors (Lipinski definition) is 2. The van der Waals surface area contributed by atoms with Crippen molar-refractivity contribution in [3.05, 3.63) is 272 Å². The molecule has 6 nitrogen and oxygen atoms in total. The van der Waals surface area contributed by atoms with Gasteiger partial charge in [0.25, 0.3) is 0 Å². The van der Waals surface area contributed by atoms with Crippen LogP contribution < -0.4 is 9.47 Å². The van der Waals surface area contributed by atoms with E-state index < -0.39 is 0 Å². The summed E-state index contributed by atoms with van der Waals surface area (Å²) in [6.07, 6.45) is 2.95. The minimum atomic E-state index is -0.163. The minimum absolute atomic E-state index is 0.163. The van der Waals surface area contributed by atoms with Gasteiger partial charge in [-0.15, -0.1) is 0 Å². The van der Waals surface area contributed by atoms with E-state index in [-0.39, 0.29) is 23.7 Å². The number of benzene rings is 12. The zero-order valence-corrected chi connectivity index (χ0v) is 59.1. The topological polar surface area (TPSA) is 68.8 Å². The van der Waals surface area contributed by atoms with Gasteiger partial charge in [0, 0.05) is 50.2 Å². The lowest BCUT2D eigenvalue weighted by Crippen LogP contribution is -2.32. The molecule has 0 spiro atoms. The van der Waals surface area contributed by atoms with Gasteiger partial charge in [-0.2, -0.15) is 0 Å². The van der Waals surface area contributed by atoms with Crippen LogP contribution in [0.25, 0.3) is 122 Å². The molecule has 2 N–H and O–H groups in total. The molecule has 14 aromatic rings. The first-order chi connectivity index (χ1) is 47.1. The number of nitrogens with zero attached hydrogens (tertiary/aromatic N) is 2. The van der Waals surface area contributed by atoms with Crippen LogP contribution in [0.4, 0.5) is 0 Å². The van der Waals surface area contributed by atoms with Crippen molar-refractivity contribution < 1.29 is 19.7 Å². The van der Waals surface area contributed by atoms with Crippen LogP contribution in [0.1, 0.15) is 104 Å². The summed E-state index contributed by atoms with van der Waals surface area (Å²) < 4.78 is 18.9. The fourth-order valence-corrected chi connectivity index (χ4v) is 17.3. The van der Waals surface area contributed by atoms with E-state index >= 15 is 0 Å². The van der Waals surface area contributed by atoms with E-state index in [1.54, 1.807) is 0 Å². The first kappa shape index (κ1) is 63.5. The second kappa shape index (κ2) is 24.8. The highest BCUT2D eigenvalue weighted by molar-refractivity contribution is 6.14. The van der Waals surface area contributed by atoms with Gasteiger partial charge in [-0.05, 0) is 301 Å². The van der Waals surface area contributed by atoms with Crippen LogP contribution in [-0.4, -0.2) is 31.6 Å². The first-order valence-corrected chi connectivity index (χ1v) is 34.8. The summed E-state index contributed by atoms with van der Waals surface area (Å²) in [5, 5.41) is 30.5. The average Bonchev–Trinajstić information content (AvgIpc) is 1.62. The van der Waals surface area contributed by atoms with Crippen molar-refractivity contribution in [3.8, 4) is 101 Å². The van der Waals surface area contributed by atoms with Crippen molar-refractivity contribution in [3.63, 3.8) is 0 Å². The smallest absolute Gasteiger partial charge is 0.147 e. The van der Waals surface area contributed by atoms with Crippen molar-refractivity contribution >= 4 is 43.6 Å². The van der Waals surface area contributed by atoms with E-state index in [0.29, 0.717) is 40.4 Å². The number of fused-ring (bicyclic) bond motifs is 6. The molecule has 2 heterocycles. The number of aromatic nitrogens is 2. The van der Waals surface area contributed by atoms with E-state index in [1.807, 2.05) is 36.4 Å². The van der Waals surface area contributed by atoms with Crippen LogP contribution in [0.5, 0.6) is 23.0 Å². The lowest BCUT2D eigenvalue weighted by Gasteiger charge is -2.31. The molecule has 2 aromatic heterocycles. The molecular formula is C92H86N2O4. The van der Waals surface area contributed by atoms with Gasteiger partial charge < -0.3 is 28.8 Å². The number of aryl methyl sites for hydroxylation is 14. The molecule has 12 aromatic carbocycles. The Balaban J connectivity index is 0.761. The van der Waals surface area contributed by atoms with Crippen molar-refractivity contribution in [2.24, 2.45) is 0 Å². The third-order valence-corrected chi connectivity index (χ3v) is 20.9. The number of aromatic hydroxyl groups is 2. The van der Waals surface area contributed by atoms with Gasteiger partial charge in [0.05, 0.1) is 33.4 Å². The molecule has 98 heavy (non-hydrogen) atoms. The Labute approximate surface area is 577 Å². The van der Waals surface area contributed by atoms with Gasteiger partial charge in [-0.3, -0.25) is 0 Å². The standard InChI is InChI=1S/C92H86N2O4/c1-51-34-57(7)87(58(8)35-51)65-26-30-79-73(46-65)74-47-66(88-59(9)36-52(2)37-60(88)10)27-31-80(74)93(79)83-44-55(5)42-77(91(83)95)71-22-15-17-24-85(71)97-69-20-19-21-70(50-69)98-86-25-18-16-23-72(86)78-43-56(6)45-84(92(78)96)94-81-32-28-67(89-61(11)38-53(3)39-62(89)12)48-75(81)76-49-68(29-33-82(76)94)90-63(13)40-54(4)41-64(90)14/h15-18,22-49,69-70,95-96H,19-21,50H2,1-14H3/t69-,70+. The van der Waals surface area contributed by atoms with Gasteiger partial charge in [0.15, 0.2) is 0 Å². The highest BCUT2D eigenvalue weighted by Gasteiger charge is 2.30. The quantitative estimate of drug-likeness (QED) is 0.128. The van der Waals surface area contributed by atoms with Crippen LogP contribution in [-0.2, 0) is 0 Å². The molecule has 0 unspecified atom stereocenters. The van der Waals surface area contributed by atoms with E-state index in [9.17, 15) is 10.2 Å². The van der Waals surface area contributed by atoms with Crippen LogP contribution in [0.15, 0.2) is 194 Å². The maximum atomic E-state index is 13.0. The van der Waals surface area contributed by atoms with Gasteiger partial charge in [-0.1, -0.05) is 131 Å². The molecule has 0 amide bonds. The molecular weight excluding hydrogens is 1200 g/mol. The third-order valence-electron chi connectivity index (χ3n) is 20.9. The molecule has 6 heteroatoms.